The lowest BCUT2D eigenvalue weighted by atomic mass is 10.1. The molecule has 4 heteroatoms. The summed E-state index contributed by atoms with van der Waals surface area (Å²) < 4.78 is 0. The van der Waals surface area contributed by atoms with Crippen LogP contribution in [0.4, 0.5) is 5.69 Å². The summed E-state index contributed by atoms with van der Waals surface area (Å²) in [5, 5.41) is 7.16. The first-order valence-electron chi connectivity index (χ1n) is 7.84. The minimum Gasteiger partial charge on any atom is -0.384 e. The zero-order valence-electron chi connectivity index (χ0n) is 13.2. The van der Waals surface area contributed by atoms with E-state index >= 15 is 0 Å². The number of nitrogens with one attached hydrogen (secondary N) is 2. The lowest BCUT2D eigenvalue weighted by Crippen LogP contribution is -2.38. The van der Waals surface area contributed by atoms with Gasteiger partial charge in [-0.1, -0.05) is 19.4 Å². The molecule has 21 heavy (non-hydrogen) atoms. The third kappa shape index (κ3) is 4.16. The summed E-state index contributed by atoms with van der Waals surface area (Å²) in [6.07, 6.45) is 6.70. The minimum atomic E-state index is 0.0551. The largest absolute Gasteiger partial charge is 0.384 e. The van der Waals surface area contributed by atoms with Crippen molar-refractivity contribution in [1.29, 1.82) is 0 Å². The Morgan fingerprint density at radius 2 is 2.19 bits per heavy atom. The fourth-order valence-corrected chi connectivity index (χ4v) is 3.82. The Hall–Kier alpha value is -1.16. The molecule has 1 saturated carbocycles. The smallest absolute Gasteiger partial charge is 0.253 e. The molecule has 1 aromatic rings. The second-order valence-corrected chi connectivity index (χ2v) is 6.84. The van der Waals surface area contributed by atoms with Crippen molar-refractivity contribution in [3.63, 3.8) is 0 Å². The minimum absolute atomic E-state index is 0.0551. The van der Waals surface area contributed by atoms with Gasteiger partial charge in [0.05, 0.1) is 5.56 Å². The summed E-state index contributed by atoms with van der Waals surface area (Å²) in [6, 6.07) is 6.32. The van der Waals surface area contributed by atoms with Crippen molar-refractivity contribution >= 4 is 23.4 Å². The zero-order chi connectivity index (χ0) is 15.2. The third-order valence-electron chi connectivity index (χ3n) is 4.06. The van der Waals surface area contributed by atoms with Crippen molar-refractivity contribution < 1.29 is 4.79 Å². The van der Waals surface area contributed by atoms with Gasteiger partial charge in [-0.25, -0.2) is 0 Å². The van der Waals surface area contributed by atoms with Crippen LogP contribution in [0.2, 0.25) is 0 Å². The Balaban J connectivity index is 2.10. The number of thioether (sulfide) groups is 1. The summed E-state index contributed by atoms with van der Waals surface area (Å²) in [6.45, 7) is 5.07. The number of carbonyl (C=O) groups is 1. The van der Waals surface area contributed by atoms with Gasteiger partial charge in [-0.3, -0.25) is 4.79 Å². The van der Waals surface area contributed by atoms with Crippen LogP contribution < -0.4 is 10.6 Å². The second kappa shape index (κ2) is 7.74. The molecule has 2 atom stereocenters. The molecule has 2 unspecified atom stereocenters. The van der Waals surface area contributed by atoms with Crippen molar-refractivity contribution in [2.24, 2.45) is 0 Å². The van der Waals surface area contributed by atoms with Crippen LogP contribution in [0, 0.1) is 6.92 Å². The van der Waals surface area contributed by atoms with Crippen LogP contribution in [-0.2, 0) is 0 Å². The van der Waals surface area contributed by atoms with E-state index in [0.29, 0.717) is 11.3 Å². The van der Waals surface area contributed by atoms with Crippen LogP contribution >= 0.6 is 11.8 Å². The van der Waals surface area contributed by atoms with Gasteiger partial charge in [-0.15, -0.1) is 0 Å². The van der Waals surface area contributed by atoms with E-state index < -0.39 is 0 Å². The van der Waals surface area contributed by atoms with Gasteiger partial charge >= 0.3 is 0 Å². The highest BCUT2D eigenvalue weighted by Crippen LogP contribution is 2.29. The monoisotopic (exact) mass is 306 g/mol. The van der Waals surface area contributed by atoms with Crippen molar-refractivity contribution in [3.05, 3.63) is 29.3 Å². The number of hydrogen-bond acceptors (Lipinski definition) is 3. The van der Waals surface area contributed by atoms with Gasteiger partial charge in [0.1, 0.15) is 0 Å². The molecule has 1 fully saturated rings. The molecule has 0 aromatic heterocycles. The van der Waals surface area contributed by atoms with Gasteiger partial charge in [0.15, 0.2) is 0 Å². The molecule has 2 rings (SSSR count). The summed E-state index contributed by atoms with van der Waals surface area (Å²) in [5.41, 5.74) is 2.89. The van der Waals surface area contributed by atoms with Crippen molar-refractivity contribution in [1.82, 2.24) is 5.32 Å². The molecule has 0 bridgehead atoms. The predicted octanol–water partition coefficient (Wildman–Crippen LogP) is 3.83. The Morgan fingerprint density at radius 3 is 2.90 bits per heavy atom. The lowest BCUT2D eigenvalue weighted by Gasteiger charge is -2.20. The fraction of sp³-hybridized carbons (Fsp3) is 0.588. The molecule has 0 heterocycles. The van der Waals surface area contributed by atoms with Gasteiger partial charge in [-0.2, -0.15) is 11.8 Å². The molecule has 1 aliphatic rings. The Morgan fingerprint density at radius 1 is 1.38 bits per heavy atom. The molecule has 1 aromatic carbocycles. The first-order chi connectivity index (χ1) is 10.2. The Labute approximate surface area is 132 Å². The molecular formula is C17H26N2OS. The van der Waals surface area contributed by atoms with Crippen LogP contribution in [-0.4, -0.2) is 30.0 Å². The zero-order valence-corrected chi connectivity index (χ0v) is 14.1. The van der Waals surface area contributed by atoms with Crippen LogP contribution in [0.15, 0.2) is 18.2 Å². The average molecular weight is 306 g/mol. The van der Waals surface area contributed by atoms with E-state index in [-0.39, 0.29) is 5.91 Å². The molecule has 0 saturated heterocycles. The van der Waals surface area contributed by atoms with Crippen molar-refractivity contribution in [2.45, 2.75) is 50.8 Å². The maximum absolute atomic E-state index is 12.6. The maximum atomic E-state index is 12.6. The Kier molecular flexibility index (Phi) is 5.97. The number of carbonyl (C=O) groups excluding carboxylic acids is 1. The number of amides is 1. The quantitative estimate of drug-likeness (QED) is 0.839. The van der Waals surface area contributed by atoms with E-state index in [2.05, 4.69) is 36.8 Å². The molecule has 3 nitrogen and oxygen atoms in total. The predicted molar refractivity (Wildman–Crippen MR) is 92.4 cm³/mol. The van der Waals surface area contributed by atoms with E-state index in [9.17, 15) is 4.79 Å². The topological polar surface area (TPSA) is 41.1 Å². The van der Waals surface area contributed by atoms with Gasteiger partial charge in [-0.05, 0) is 50.1 Å². The van der Waals surface area contributed by atoms with Crippen molar-refractivity contribution in [3.8, 4) is 0 Å². The molecule has 1 aliphatic carbocycles. The number of hydrogen-bond donors (Lipinski definition) is 2. The van der Waals surface area contributed by atoms with Crippen LogP contribution in [0.3, 0.4) is 0 Å². The average Bonchev–Trinajstić information content (AvgIpc) is 2.92. The molecule has 116 valence electrons. The number of aryl methyl sites for hydroxylation is 1. The first kappa shape index (κ1) is 16.2. The van der Waals surface area contributed by atoms with Gasteiger partial charge < -0.3 is 10.6 Å². The number of anilines is 1. The second-order valence-electron chi connectivity index (χ2n) is 5.76. The Bertz CT molecular complexity index is 490. The highest BCUT2D eigenvalue weighted by molar-refractivity contribution is 7.99. The van der Waals surface area contributed by atoms with E-state index in [1.807, 2.05) is 23.9 Å². The van der Waals surface area contributed by atoms with E-state index in [4.69, 9.17) is 0 Å². The molecule has 0 spiro atoms. The number of benzene rings is 1. The first-order valence-corrected chi connectivity index (χ1v) is 9.12. The van der Waals surface area contributed by atoms with E-state index in [0.717, 1.165) is 30.6 Å². The van der Waals surface area contributed by atoms with Gasteiger partial charge in [0.2, 0.25) is 0 Å². The van der Waals surface area contributed by atoms with Gasteiger partial charge in [0.25, 0.3) is 5.91 Å². The van der Waals surface area contributed by atoms with Crippen LogP contribution in [0.1, 0.15) is 48.5 Å². The van der Waals surface area contributed by atoms with E-state index in [1.54, 1.807) is 0 Å². The highest BCUT2D eigenvalue weighted by atomic mass is 32.2. The summed E-state index contributed by atoms with van der Waals surface area (Å²) in [5.74, 6) is 0.0551. The lowest BCUT2D eigenvalue weighted by molar-refractivity contribution is 0.0939. The maximum Gasteiger partial charge on any atom is 0.253 e. The standard InChI is InChI=1S/C17H26N2OS/c1-4-10-18-15-11-12(2)8-9-13(15)17(20)19-14-6-5-7-16(14)21-3/h8-9,11,14,16,18H,4-7,10H2,1-3H3,(H,19,20). The SMILES string of the molecule is CCCNc1cc(C)ccc1C(=O)NC1CCCC1SC. The summed E-state index contributed by atoms with van der Waals surface area (Å²) in [7, 11) is 0. The van der Waals surface area contributed by atoms with E-state index in [1.165, 1.54) is 18.4 Å². The molecular weight excluding hydrogens is 280 g/mol. The third-order valence-corrected chi connectivity index (χ3v) is 5.23. The van der Waals surface area contributed by atoms with Gasteiger partial charge in [0, 0.05) is 23.5 Å². The van der Waals surface area contributed by atoms with Crippen LogP contribution in [0.25, 0.3) is 0 Å². The van der Waals surface area contributed by atoms with Crippen molar-refractivity contribution in [2.75, 3.05) is 18.1 Å². The summed E-state index contributed by atoms with van der Waals surface area (Å²) in [4.78, 5) is 12.6. The molecule has 0 radical (unpaired) electrons. The summed E-state index contributed by atoms with van der Waals surface area (Å²) >= 11 is 1.87. The molecule has 2 N–H and O–H groups in total. The van der Waals surface area contributed by atoms with Crippen LogP contribution in [0.5, 0.6) is 0 Å². The normalized spacial score (nSPS) is 21.3. The molecule has 1 amide bonds. The number of rotatable bonds is 6. The highest BCUT2D eigenvalue weighted by Gasteiger charge is 2.28. The fourth-order valence-electron chi connectivity index (χ4n) is 2.88. The molecule has 0 aliphatic heterocycles.